The molecule has 5 N–H and O–H groups in total. The maximum Gasteiger partial charge on any atom is 0.252 e. The van der Waals surface area contributed by atoms with Crippen molar-refractivity contribution in [1.29, 1.82) is 0 Å². The zero-order valence-electron chi connectivity index (χ0n) is 13.5. The number of hydrogen-bond acceptors (Lipinski definition) is 5. The summed E-state index contributed by atoms with van der Waals surface area (Å²) in [5.41, 5.74) is 6.05. The molecule has 0 aromatic heterocycles. The van der Waals surface area contributed by atoms with Gasteiger partial charge in [-0.2, -0.15) is 0 Å². The molecule has 6 heteroatoms. The largest absolute Gasteiger partial charge is 0.507 e. The summed E-state index contributed by atoms with van der Waals surface area (Å²) in [6.07, 6.45) is -0.594. The summed E-state index contributed by atoms with van der Waals surface area (Å²) in [6.45, 7) is 2.66. The standard InChI is InChI=1S/C18H22N2O4/c1-12(20-10-17(22)13-5-3-2-4-6-13)11-24-14-7-8-16(21)15(9-14)18(19)23/h2-9,12,17,20-22H,10-11H2,1H3,(H2,19,23). The highest BCUT2D eigenvalue weighted by Gasteiger charge is 2.11. The van der Waals surface area contributed by atoms with E-state index in [0.29, 0.717) is 18.9 Å². The zero-order valence-corrected chi connectivity index (χ0v) is 13.5. The molecule has 2 aromatic rings. The first-order valence-corrected chi connectivity index (χ1v) is 7.69. The number of rotatable bonds is 8. The number of ether oxygens (including phenoxy) is 1. The molecule has 1 amide bonds. The van der Waals surface area contributed by atoms with E-state index in [-0.39, 0.29) is 17.4 Å². The van der Waals surface area contributed by atoms with Crippen LogP contribution in [0, 0.1) is 0 Å². The number of carbonyl (C=O) groups excluding carboxylic acids is 1. The van der Waals surface area contributed by atoms with Gasteiger partial charge in [-0.1, -0.05) is 30.3 Å². The van der Waals surface area contributed by atoms with E-state index in [1.54, 1.807) is 6.07 Å². The number of carbonyl (C=O) groups is 1. The van der Waals surface area contributed by atoms with Gasteiger partial charge >= 0.3 is 0 Å². The van der Waals surface area contributed by atoms with E-state index in [9.17, 15) is 15.0 Å². The third kappa shape index (κ3) is 4.97. The molecule has 0 aliphatic carbocycles. The SMILES string of the molecule is CC(COc1ccc(O)c(C(N)=O)c1)NCC(O)c1ccccc1. The van der Waals surface area contributed by atoms with E-state index in [2.05, 4.69) is 5.32 Å². The Labute approximate surface area is 140 Å². The van der Waals surface area contributed by atoms with Crippen molar-refractivity contribution in [2.45, 2.75) is 19.1 Å². The summed E-state index contributed by atoms with van der Waals surface area (Å²) in [6, 6.07) is 13.7. The molecule has 0 spiro atoms. The summed E-state index contributed by atoms with van der Waals surface area (Å²) in [5.74, 6) is -0.444. The fourth-order valence-corrected chi connectivity index (χ4v) is 2.19. The van der Waals surface area contributed by atoms with Gasteiger partial charge in [-0.25, -0.2) is 0 Å². The molecule has 0 radical (unpaired) electrons. The number of hydrogen-bond donors (Lipinski definition) is 4. The third-order valence-electron chi connectivity index (χ3n) is 3.58. The predicted octanol–water partition coefficient (Wildman–Crippen LogP) is 1.58. The monoisotopic (exact) mass is 330 g/mol. The van der Waals surface area contributed by atoms with Gasteiger partial charge in [0.2, 0.25) is 0 Å². The van der Waals surface area contributed by atoms with Crippen LogP contribution in [0.4, 0.5) is 0 Å². The number of primary amides is 1. The normalized spacial score (nSPS) is 13.2. The minimum absolute atomic E-state index is 0.0193. The number of aliphatic hydroxyl groups is 1. The molecule has 0 saturated carbocycles. The van der Waals surface area contributed by atoms with E-state index in [1.165, 1.54) is 12.1 Å². The molecule has 128 valence electrons. The second-order valence-corrected chi connectivity index (χ2v) is 5.59. The van der Waals surface area contributed by atoms with Crippen LogP contribution in [0.2, 0.25) is 0 Å². The molecular formula is C18H22N2O4. The van der Waals surface area contributed by atoms with Gasteiger partial charge in [0.05, 0.1) is 11.7 Å². The van der Waals surface area contributed by atoms with Gasteiger partial charge in [0.1, 0.15) is 18.1 Å². The topological polar surface area (TPSA) is 105 Å². The zero-order chi connectivity index (χ0) is 17.5. The molecule has 2 aromatic carbocycles. The van der Waals surface area contributed by atoms with Gasteiger partial charge in [0, 0.05) is 12.6 Å². The van der Waals surface area contributed by atoms with Gasteiger partial charge in [0.15, 0.2) is 0 Å². The maximum atomic E-state index is 11.2. The third-order valence-corrected chi connectivity index (χ3v) is 3.58. The van der Waals surface area contributed by atoms with E-state index >= 15 is 0 Å². The summed E-state index contributed by atoms with van der Waals surface area (Å²) < 4.78 is 5.59. The summed E-state index contributed by atoms with van der Waals surface area (Å²) in [7, 11) is 0. The van der Waals surface area contributed by atoms with Crippen molar-refractivity contribution in [3.05, 3.63) is 59.7 Å². The molecule has 0 aliphatic heterocycles. The fourth-order valence-electron chi connectivity index (χ4n) is 2.19. The van der Waals surface area contributed by atoms with Crippen LogP contribution in [-0.4, -0.2) is 35.3 Å². The van der Waals surface area contributed by atoms with Crippen LogP contribution < -0.4 is 15.8 Å². The van der Waals surface area contributed by atoms with Crippen LogP contribution in [0.1, 0.15) is 28.9 Å². The maximum absolute atomic E-state index is 11.2. The number of phenols is 1. The number of aliphatic hydroxyl groups excluding tert-OH is 1. The second-order valence-electron chi connectivity index (χ2n) is 5.59. The molecule has 0 bridgehead atoms. The molecule has 0 aliphatic rings. The fraction of sp³-hybridized carbons (Fsp3) is 0.278. The lowest BCUT2D eigenvalue weighted by Gasteiger charge is -2.18. The number of amides is 1. The Kier molecular flexibility index (Phi) is 6.17. The number of nitrogens with one attached hydrogen (secondary N) is 1. The van der Waals surface area contributed by atoms with Crippen LogP contribution in [0.3, 0.4) is 0 Å². The van der Waals surface area contributed by atoms with Crippen LogP contribution in [0.25, 0.3) is 0 Å². The molecule has 6 nitrogen and oxygen atoms in total. The van der Waals surface area contributed by atoms with E-state index < -0.39 is 12.0 Å². The van der Waals surface area contributed by atoms with E-state index in [0.717, 1.165) is 5.56 Å². The Morgan fingerprint density at radius 1 is 1.25 bits per heavy atom. The van der Waals surface area contributed by atoms with E-state index in [1.807, 2.05) is 37.3 Å². The second kappa shape index (κ2) is 8.33. The van der Waals surface area contributed by atoms with Gasteiger partial charge in [0.25, 0.3) is 5.91 Å². The summed E-state index contributed by atoms with van der Waals surface area (Å²) in [4.78, 5) is 11.2. The lowest BCUT2D eigenvalue weighted by Crippen LogP contribution is -2.34. The average molecular weight is 330 g/mol. The highest BCUT2D eigenvalue weighted by atomic mass is 16.5. The lowest BCUT2D eigenvalue weighted by molar-refractivity contribution is 0.0997. The molecule has 24 heavy (non-hydrogen) atoms. The van der Waals surface area contributed by atoms with Crippen LogP contribution in [0.5, 0.6) is 11.5 Å². The minimum Gasteiger partial charge on any atom is -0.507 e. The van der Waals surface area contributed by atoms with Gasteiger partial charge in [-0.05, 0) is 30.7 Å². The summed E-state index contributed by atoms with van der Waals surface area (Å²) >= 11 is 0. The number of aromatic hydroxyl groups is 1. The first-order chi connectivity index (χ1) is 11.5. The van der Waals surface area contributed by atoms with Crippen molar-refractivity contribution in [2.24, 2.45) is 5.73 Å². The molecule has 0 saturated heterocycles. The van der Waals surface area contributed by atoms with Crippen molar-refractivity contribution < 1.29 is 19.7 Å². The first-order valence-electron chi connectivity index (χ1n) is 7.69. The van der Waals surface area contributed by atoms with Crippen LogP contribution >= 0.6 is 0 Å². The van der Waals surface area contributed by atoms with Crippen molar-refractivity contribution >= 4 is 5.91 Å². The Morgan fingerprint density at radius 3 is 2.62 bits per heavy atom. The van der Waals surface area contributed by atoms with Gasteiger partial charge in [-0.3, -0.25) is 4.79 Å². The minimum atomic E-state index is -0.713. The van der Waals surface area contributed by atoms with Crippen molar-refractivity contribution in [2.75, 3.05) is 13.2 Å². The quantitative estimate of drug-likeness (QED) is 0.588. The average Bonchev–Trinajstić information content (AvgIpc) is 2.59. The first kappa shape index (κ1) is 17.8. The smallest absolute Gasteiger partial charge is 0.252 e. The van der Waals surface area contributed by atoms with Crippen molar-refractivity contribution in [3.63, 3.8) is 0 Å². The molecule has 2 unspecified atom stereocenters. The Morgan fingerprint density at radius 2 is 1.96 bits per heavy atom. The van der Waals surface area contributed by atoms with Crippen LogP contribution in [-0.2, 0) is 0 Å². The van der Waals surface area contributed by atoms with Crippen molar-refractivity contribution in [3.8, 4) is 11.5 Å². The lowest BCUT2D eigenvalue weighted by atomic mass is 10.1. The molecule has 0 heterocycles. The molecule has 2 atom stereocenters. The van der Waals surface area contributed by atoms with Gasteiger partial charge < -0.3 is 26.0 Å². The Hall–Kier alpha value is -2.57. The Bertz CT molecular complexity index is 676. The Balaban J connectivity index is 1.82. The highest BCUT2D eigenvalue weighted by Crippen LogP contribution is 2.22. The molecule has 2 rings (SSSR count). The predicted molar refractivity (Wildman–Crippen MR) is 91.0 cm³/mol. The molecule has 0 fully saturated rings. The number of benzene rings is 2. The van der Waals surface area contributed by atoms with Crippen LogP contribution in [0.15, 0.2) is 48.5 Å². The molecular weight excluding hydrogens is 308 g/mol. The number of nitrogens with two attached hydrogens (primary N) is 1. The van der Waals surface area contributed by atoms with E-state index in [4.69, 9.17) is 10.5 Å². The van der Waals surface area contributed by atoms with Crippen molar-refractivity contribution in [1.82, 2.24) is 5.32 Å². The summed E-state index contributed by atoms with van der Waals surface area (Å²) in [5, 5.41) is 22.8. The van der Waals surface area contributed by atoms with Gasteiger partial charge in [-0.15, -0.1) is 0 Å². The highest BCUT2D eigenvalue weighted by molar-refractivity contribution is 5.95.